The highest BCUT2D eigenvalue weighted by Gasteiger charge is 2.32. The zero-order valence-electron chi connectivity index (χ0n) is 8.82. The first kappa shape index (κ1) is 10.0. The summed E-state index contributed by atoms with van der Waals surface area (Å²) >= 11 is 0. The molecule has 0 saturated heterocycles. The molecule has 0 spiro atoms. The van der Waals surface area contributed by atoms with Gasteiger partial charge in [-0.05, 0) is 19.3 Å². The van der Waals surface area contributed by atoms with E-state index >= 15 is 0 Å². The molecule has 0 aromatic rings. The highest BCUT2D eigenvalue weighted by atomic mass is 15.0. The van der Waals surface area contributed by atoms with Crippen molar-refractivity contribution >= 4 is 0 Å². The molecule has 0 radical (unpaired) electrons. The predicted molar refractivity (Wildman–Crippen MR) is 54.4 cm³/mol. The topological polar surface area (TPSA) is 12.0 Å². The van der Waals surface area contributed by atoms with Gasteiger partial charge in [-0.15, -0.1) is 0 Å². The summed E-state index contributed by atoms with van der Waals surface area (Å²) in [5, 5.41) is 3.76. The largest absolute Gasteiger partial charge is 0.309 e. The number of hydrogen-bond donors (Lipinski definition) is 1. The molecule has 1 heteroatoms. The van der Waals surface area contributed by atoms with Crippen molar-refractivity contribution in [2.75, 3.05) is 0 Å². The third kappa shape index (κ3) is 2.48. The molecule has 0 unspecified atom stereocenters. The van der Waals surface area contributed by atoms with Crippen molar-refractivity contribution in [1.82, 2.24) is 5.32 Å². The summed E-state index contributed by atoms with van der Waals surface area (Å²) in [4.78, 5) is 0. The number of rotatable bonds is 4. The summed E-state index contributed by atoms with van der Waals surface area (Å²) in [5.74, 6) is 0. The van der Waals surface area contributed by atoms with Crippen LogP contribution in [0.15, 0.2) is 0 Å². The molecule has 12 heavy (non-hydrogen) atoms. The molecule has 1 aliphatic rings. The van der Waals surface area contributed by atoms with Gasteiger partial charge in [0.05, 0.1) is 0 Å². The fourth-order valence-electron chi connectivity index (χ4n) is 2.61. The Kier molecular flexibility index (Phi) is 3.57. The second kappa shape index (κ2) is 4.27. The monoisotopic (exact) mass is 169 g/mol. The lowest BCUT2D eigenvalue weighted by Gasteiger charge is -2.32. The molecular formula is C11H23N. The van der Waals surface area contributed by atoms with Crippen LogP contribution in [0, 0.1) is 0 Å². The molecule has 0 aromatic carbocycles. The van der Waals surface area contributed by atoms with E-state index in [4.69, 9.17) is 0 Å². The lowest BCUT2D eigenvalue weighted by atomic mass is 9.91. The third-order valence-electron chi connectivity index (χ3n) is 2.88. The maximum absolute atomic E-state index is 3.76. The van der Waals surface area contributed by atoms with Gasteiger partial charge in [0, 0.05) is 11.6 Å². The van der Waals surface area contributed by atoms with Crippen LogP contribution in [-0.4, -0.2) is 11.6 Å². The quantitative estimate of drug-likeness (QED) is 0.682. The molecule has 0 atom stereocenters. The highest BCUT2D eigenvalue weighted by molar-refractivity contribution is 4.93. The van der Waals surface area contributed by atoms with Gasteiger partial charge in [-0.2, -0.15) is 0 Å². The van der Waals surface area contributed by atoms with Crippen molar-refractivity contribution in [3.05, 3.63) is 0 Å². The zero-order chi connectivity index (χ0) is 9.03. The van der Waals surface area contributed by atoms with Gasteiger partial charge in [0.15, 0.2) is 0 Å². The van der Waals surface area contributed by atoms with Crippen molar-refractivity contribution in [2.45, 2.75) is 70.9 Å². The molecule has 0 heterocycles. The average molecular weight is 169 g/mol. The van der Waals surface area contributed by atoms with Crippen molar-refractivity contribution < 1.29 is 0 Å². The van der Waals surface area contributed by atoms with Crippen molar-refractivity contribution in [2.24, 2.45) is 0 Å². The Hall–Kier alpha value is -0.0400. The maximum atomic E-state index is 3.76. The normalized spacial score (nSPS) is 22.0. The fraction of sp³-hybridized carbons (Fsp3) is 1.00. The molecule has 0 bridgehead atoms. The summed E-state index contributed by atoms with van der Waals surface area (Å²) in [6.07, 6.45) is 8.35. The van der Waals surface area contributed by atoms with Gasteiger partial charge >= 0.3 is 0 Å². The van der Waals surface area contributed by atoms with Crippen LogP contribution in [-0.2, 0) is 0 Å². The minimum atomic E-state index is 0.517. The van der Waals surface area contributed by atoms with Crippen LogP contribution >= 0.6 is 0 Å². The van der Waals surface area contributed by atoms with Gasteiger partial charge in [-0.3, -0.25) is 0 Å². The SMILES string of the molecule is CCCC1(NC(C)C)CCCC1. The first-order chi connectivity index (χ1) is 5.68. The molecule has 1 aliphatic carbocycles. The summed E-state index contributed by atoms with van der Waals surface area (Å²) in [6.45, 7) is 6.81. The minimum Gasteiger partial charge on any atom is -0.309 e. The second-order valence-electron chi connectivity index (χ2n) is 4.54. The van der Waals surface area contributed by atoms with E-state index in [-0.39, 0.29) is 0 Å². The summed E-state index contributed by atoms with van der Waals surface area (Å²) in [7, 11) is 0. The first-order valence-electron chi connectivity index (χ1n) is 5.46. The van der Waals surface area contributed by atoms with Gasteiger partial charge in [0.2, 0.25) is 0 Å². The van der Waals surface area contributed by atoms with Crippen LogP contribution in [0.3, 0.4) is 0 Å². The lowest BCUT2D eigenvalue weighted by Crippen LogP contribution is -2.46. The summed E-state index contributed by atoms with van der Waals surface area (Å²) < 4.78 is 0. The Labute approximate surface area is 76.9 Å². The van der Waals surface area contributed by atoms with Crippen LogP contribution in [0.2, 0.25) is 0 Å². The molecule has 0 amide bonds. The van der Waals surface area contributed by atoms with Crippen LogP contribution < -0.4 is 5.32 Å². The molecule has 1 saturated carbocycles. The van der Waals surface area contributed by atoms with E-state index in [0.717, 1.165) is 0 Å². The van der Waals surface area contributed by atoms with Crippen LogP contribution in [0.25, 0.3) is 0 Å². The van der Waals surface area contributed by atoms with Crippen LogP contribution in [0.1, 0.15) is 59.3 Å². The van der Waals surface area contributed by atoms with E-state index < -0.39 is 0 Å². The van der Waals surface area contributed by atoms with E-state index in [1.54, 1.807) is 0 Å². The number of nitrogens with one attached hydrogen (secondary N) is 1. The van der Waals surface area contributed by atoms with E-state index in [9.17, 15) is 0 Å². The second-order valence-corrected chi connectivity index (χ2v) is 4.54. The predicted octanol–water partition coefficient (Wildman–Crippen LogP) is 3.10. The maximum Gasteiger partial charge on any atom is 0.0183 e. The minimum absolute atomic E-state index is 0.517. The van der Waals surface area contributed by atoms with Gasteiger partial charge in [-0.1, -0.05) is 40.0 Å². The molecular weight excluding hydrogens is 146 g/mol. The molecule has 0 aliphatic heterocycles. The summed E-state index contributed by atoms with van der Waals surface area (Å²) in [5.41, 5.74) is 0.517. The average Bonchev–Trinajstić information content (AvgIpc) is 2.36. The Morgan fingerprint density at radius 2 is 1.83 bits per heavy atom. The van der Waals surface area contributed by atoms with E-state index in [0.29, 0.717) is 11.6 Å². The Morgan fingerprint density at radius 3 is 2.25 bits per heavy atom. The Bertz CT molecular complexity index is 123. The smallest absolute Gasteiger partial charge is 0.0183 e. The third-order valence-corrected chi connectivity index (χ3v) is 2.88. The van der Waals surface area contributed by atoms with Crippen molar-refractivity contribution in [3.8, 4) is 0 Å². The molecule has 1 rings (SSSR count). The van der Waals surface area contributed by atoms with Crippen molar-refractivity contribution in [1.29, 1.82) is 0 Å². The van der Waals surface area contributed by atoms with Crippen LogP contribution in [0.5, 0.6) is 0 Å². The lowest BCUT2D eigenvalue weighted by molar-refractivity contribution is 0.282. The molecule has 1 fully saturated rings. The van der Waals surface area contributed by atoms with Gasteiger partial charge in [-0.25, -0.2) is 0 Å². The van der Waals surface area contributed by atoms with Crippen LogP contribution in [0.4, 0.5) is 0 Å². The fourth-order valence-corrected chi connectivity index (χ4v) is 2.61. The van der Waals surface area contributed by atoms with Crippen molar-refractivity contribution in [3.63, 3.8) is 0 Å². The zero-order valence-corrected chi connectivity index (χ0v) is 8.82. The summed E-state index contributed by atoms with van der Waals surface area (Å²) in [6, 6.07) is 0.648. The molecule has 0 aromatic heterocycles. The molecule has 72 valence electrons. The van der Waals surface area contributed by atoms with E-state index in [1.807, 2.05) is 0 Å². The van der Waals surface area contributed by atoms with E-state index in [2.05, 4.69) is 26.1 Å². The number of hydrogen-bond acceptors (Lipinski definition) is 1. The first-order valence-corrected chi connectivity index (χ1v) is 5.46. The molecule has 1 nitrogen and oxygen atoms in total. The Morgan fingerprint density at radius 1 is 1.25 bits per heavy atom. The van der Waals surface area contributed by atoms with Gasteiger partial charge in [0.1, 0.15) is 0 Å². The van der Waals surface area contributed by atoms with Gasteiger partial charge < -0.3 is 5.32 Å². The van der Waals surface area contributed by atoms with E-state index in [1.165, 1.54) is 38.5 Å². The molecule has 1 N–H and O–H groups in total. The Balaban J connectivity index is 2.46. The highest BCUT2D eigenvalue weighted by Crippen LogP contribution is 2.33. The van der Waals surface area contributed by atoms with Gasteiger partial charge in [0.25, 0.3) is 0 Å². The standard InChI is InChI=1S/C11H23N/c1-4-7-11(12-10(2)3)8-5-6-9-11/h10,12H,4-9H2,1-3H3.